The largest absolute Gasteiger partial charge is 0.457 e. The quantitative estimate of drug-likeness (QED) is 0.559. The van der Waals surface area contributed by atoms with E-state index < -0.39 is 25.3 Å². The maximum atomic E-state index is 12.8. The lowest BCUT2D eigenvalue weighted by Crippen LogP contribution is -2.36. The molecular formula is C6H11BF2O2. The van der Waals surface area contributed by atoms with E-state index in [0.717, 1.165) is 0 Å². The summed E-state index contributed by atoms with van der Waals surface area (Å²) >= 11 is 0. The first kappa shape index (κ1) is 8.94. The van der Waals surface area contributed by atoms with Crippen LogP contribution in [0.4, 0.5) is 8.78 Å². The Balaban J connectivity index is 2.51. The standard InChI is InChI=1S/C6H11BF2O2/c8-5-3-1-2-4(6(5)9)7(10)11/h4-6,10-11H,1-3H2. The van der Waals surface area contributed by atoms with E-state index in [4.69, 9.17) is 10.0 Å². The van der Waals surface area contributed by atoms with Gasteiger partial charge in [0.15, 0.2) is 0 Å². The molecule has 2 nitrogen and oxygen atoms in total. The van der Waals surface area contributed by atoms with Gasteiger partial charge in [-0.1, -0.05) is 6.42 Å². The van der Waals surface area contributed by atoms with Crippen molar-refractivity contribution in [3.63, 3.8) is 0 Å². The normalized spacial score (nSPS) is 38.7. The highest BCUT2D eigenvalue weighted by atomic mass is 19.2. The van der Waals surface area contributed by atoms with Crippen molar-refractivity contribution in [3.8, 4) is 0 Å². The van der Waals surface area contributed by atoms with Crippen LogP contribution in [0.3, 0.4) is 0 Å². The third-order valence-corrected chi connectivity index (χ3v) is 2.15. The van der Waals surface area contributed by atoms with Gasteiger partial charge in [0.1, 0.15) is 12.3 Å². The van der Waals surface area contributed by atoms with Gasteiger partial charge in [0.2, 0.25) is 0 Å². The van der Waals surface area contributed by atoms with Crippen LogP contribution in [0, 0.1) is 0 Å². The van der Waals surface area contributed by atoms with Crippen molar-refractivity contribution in [3.05, 3.63) is 0 Å². The molecule has 1 aliphatic rings. The Kier molecular flexibility index (Phi) is 2.84. The minimum absolute atomic E-state index is 0.199. The summed E-state index contributed by atoms with van der Waals surface area (Å²) in [7, 11) is -1.72. The maximum absolute atomic E-state index is 12.8. The van der Waals surface area contributed by atoms with Crippen LogP contribution in [0.15, 0.2) is 0 Å². The zero-order valence-corrected chi connectivity index (χ0v) is 6.08. The molecule has 0 aliphatic heterocycles. The van der Waals surface area contributed by atoms with Gasteiger partial charge >= 0.3 is 7.12 Å². The van der Waals surface area contributed by atoms with Crippen molar-refractivity contribution in [1.82, 2.24) is 0 Å². The maximum Gasteiger partial charge on any atom is 0.457 e. The fourth-order valence-corrected chi connectivity index (χ4v) is 1.45. The molecule has 1 fully saturated rings. The molecule has 11 heavy (non-hydrogen) atoms. The van der Waals surface area contributed by atoms with Crippen molar-refractivity contribution in [2.24, 2.45) is 0 Å². The van der Waals surface area contributed by atoms with Gasteiger partial charge in [0.25, 0.3) is 0 Å². The number of halogens is 2. The minimum atomic E-state index is -1.72. The Morgan fingerprint density at radius 2 is 1.82 bits per heavy atom. The van der Waals surface area contributed by atoms with E-state index in [9.17, 15) is 8.78 Å². The van der Waals surface area contributed by atoms with E-state index in [0.29, 0.717) is 12.8 Å². The molecule has 2 N–H and O–H groups in total. The Morgan fingerprint density at radius 1 is 1.18 bits per heavy atom. The molecule has 0 aromatic rings. The number of rotatable bonds is 1. The molecule has 1 saturated carbocycles. The van der Waals surface area contributed by atoms with Crippen LogP contribution in [0.1, 0.15) is 19.3 Å². The first-order valence-electron chi connectivity index (χ1n) is 3.77. The minimum Gasteiger partial charge on any atom is -0.427 e. The van der Waals surface area contributed by atoms with Crippen LogP contribution in [0.2, 0.25) is 5.82 Å². The highest BCUT2D eigenvalue weighted by Gasteiger charge is 2.39. The lowest BCUT2D eigenvalue weighted by atomic mass is 9.64. The van der Waals surface area contributed by atoms with Crippen LogP contribution in [-0.4, -0.2) is 29.5 Å². The zero-order chi connectivity index (χ0) is 8.43. The van der Waals surface area contributed by atoms with Gasteiger partial charge < -0.3 is 10.0 Å². The van der Waals surface area contributed by atoms with Gasteiger partial charge in [-0.25, -0.2) is 8.78 Å². The van der Waals surface area contributed by atoms with E-state index in [-0.39, 0.29) is 6.42 Å². The number of hydrogen-bond acceptors (Lipinski definition) is 2. The smallest absolute Gasteiger partial charge is 0.427 e. The molecular weight excluding hydrogens is 153 g/mol. The molecule has 0 saturated heterocycles. The van der Waals surface area contributed by atoms with Crippen molar-refractivity contribution >= 4 is 7.12 Å². The third-order valence-electron chi connectivity index (χ3n) is 2.15. The summed E-state index contributed by atoms with van der Waals surface area (Å²) in [6, 6.07) is 0. The molecule has 0 heterocycles. The van der Waals surface area contributed by atoms with Crippen LogP contribution >= 0.6 is 0 Å². The predicted octanol–water partition coefficient (Wildman–Crippen LogP) is 0.690. The zero-order valence-electron chi connectivity index (χ0n) is 6.08. The fraction of sp³-hybridized carbons (Fsp3) is 1.00. The highest BCUT2D eigenvalue weighted by Crippen LogP contribution is 2.34. The molecule has 0 bridgehead atoms. The van der Waals surface area contributed by atoms with Gasteiger partial charge in [-0.15, -0.1) is 0 Å². The van der Waals surface area contributed by atoms with Gasteiger partial charge in [-0.05, 0) is 12.8 Å². The van der Waals surface area contributed by atoms with Crippen LogP contribution in [-0.2, 0) is 0 Å². The molecule has 3 atom stereocenters. The van der Waals surface area contributed by atoms with Gasteiger partial charge in [-0.3, -0.25) is 0 Å². The summed E-state index contributed by atoms with van der Waals surface area (Å²) in [5.41, 5.74) is 0. The molecule has 0 aromatic heterocycles. The number of alkyl halides is 2. The molecule has 0 aromatic carbocycles. The Morgan fingerprint density at radius 3 is 2.27 bits per heavy atom. The number of hydrogen-bond donors (Lipinski definition) is 2. The molecule has 5 heteroatoms. The van der Waals surface area contributed by atoms with Crippen molar-refractivity contribution in [2.75, 3.05) is 0 Å². The molecule has 3 unspecified atom stereocenters. The SMILES string of the molecule is OB(O)C1CCCC(F)C1F. The second kappa shape index (κ2) is 3.49. The first-order valence-corrected chi connectivity index (χ1v) is 3.77. The first-order chi connectivity index (χ1) is 5.13. The van der Waals surface area contributed by atoms with E-state index in [2.05, 4.69) is 0 Å². The van der Waals surface area contributed by atoms with Gasteiger partial charge in [-0.2, -0.15) is 0 Å². The van der Waals surface area contributed by atoms with Crippen molar-refractivity contribution in [2.45, 2.75) is 37.4 Å². The van der Waals surface area contributed by atoms with Crippen molar-refractivity contribution < 1.29 is 18.8 Å². The van der Waals surface area contributed by atoms with E-state index >= 15 is 0 Å². The summed E-state index contributed by atoms with van der Waals surface area (Å²) < 4.78 is 25.4. The van der Waals surface area contributed by atoms with Crippen LogP contribution < -0.4 is 0 Å². The topological polar surface area (TPSA) is 40.5 Å². The van der Waals surface area contributed by atoms with E-state index in [1.807, 2.05) is 0 Å². The molecule has 0 amide bonds. The lowest BCUT2D eigenvalue weighted by molar-refractivity contribution is 0.107. The predicted molar refractivity (Wildman–Crippen MR) is 37.6 cm³/mol. The second-order valence-electron chi connectivity index (χ2n) is 2.97. The molecule has 0 spiro atoms. The second-order valence-corrected chi connectivity index (χ2v) is 2.97. The summed E-state index contributed by atoms with van der Waals surface area (Å²) in [5.74, 6) is -0.932. The average molecular weight is 164 g/mol. The Labute approximate surface area is 64.4 Å². The third kappa shape index (κ3) is 1.90. The van der Waals surface area contributed by atoms with E-state index in [1.54, 1.807) is 0 Å². The summed E-state index contributed by atoms with van der Waals surface area (Å²) in [6.45, 7) is 0. The average Bonchev–Trinajstić information content (AvgIpc) is 1.94. The highest BCUT2D eigenvalue weighted by molar-refractivity contribution is 6.43. The van der Waals surface area contributed by atoms with Gasteiger partial charge in [0, 0.05) is 5.82 Å². The van der Waals surface area contributed by atoms with Crippen LogP contribution in [0.5, 0.6) is 0 Å². The summed E-state index contributed by atoms with van der Waals surface area (Å²) in [5, 5.41) is 17.2. The summed E-state index contributed by atoms with van der Waals surface area (Å²) in [4.78, 5) is 0. The molecule has 64 valence electrons. The monoisotopic (exact) mass is 164 g/mol. The molecule has 0 radical (unpaired) electrons. The summed E-state index contributed by atoms with van der Waals surface area (Å²) in [6.07, 6.45) is -2.13. The van der Waals surface area contributed by atoms with Gasteiger partial charge in [0.05, 0.1) is 0 Å². The fourth-order valence-electron chi connectivity index (χ4n) is 1.45. The van der Waals surface area contributed by atoms with Crippen molar-refractivity contribution in [1.29, 1.82) is 0 Å². The lowest BCUT2D eigenvalue weighted by Gasteiger charge is -2.27. The Hall–Kier alpha value is -0.155. The Bertz CT molecular complexity index is 134. The van der Waals surface area contributed by atoms with Crippen LogP contribution in [0.25, 0.3) is 0 Å². The molecule has 1 rings (SSSR count). The molecule has 1 aliphatic carbocycles. The van der Waals surface area contributed by atoms with E-state index in [1.165, 1.54) is 0 Å².